The van der Waals surface area contributed by atoms with Crippen LogP contribution in [0.4, 0.5) is 4.79 Å². The lowest BCUT2D eigenvalue weighted by Crippen LogP contribution is -2.40. The normalized spacial score (nSPS) is 16.2. The van der Waals surface area contributed by atoms with Crippen molar-refractivity contribution in [2.24, 2.45) is 0 Å². The molecule has 0 radical (unpaired) electrons. The molecule has 1 aliphatic rings. The Bertz CT molecular complexity index is 752. The van der Waals surface area contributed by atoms with Crippen LogP contribution >= 0.6 is 0 Å². The van der Waals surface area contributed by atoms with Gasteiger partial charge in [0.05, 0.1) is 20.3 Å². The molecular formula is C21H27N3O3. The summed E-state index contributed by atoms with van der Waals surface area (Å²) < 4.78 is 10.6. The summed E-state index contributed by atoms with van der Waals surface area (Å²) >= 11 is 0. The van der Waals surface area contributed by atoms with Crippen molar-refractivity contribution in [1.29, 1.82) is 0 Å². The summed E-state index contributed by atoms with van der Waals surface area (Å²) in [6, 6.07) is 10.1. The first-order valence-electron chi connectivity index (χ1n) is 9.38. The van der Waals surface area contributed by atoms with Gasteiger partial charge in [0.2, 0.25) is 0 Å². The van der Waals surface area contributed by atoms with E-state index in [2.05, 4.69) is 10.3 Å². The zero-order valence-corrected chi connectivity index (χ0v) is 16.0. The highest BCUT2D eigenvalue weighted by atomic mass is 16.5. The molecule has 2 aromatic rings. The monoisotopic (exact) mass is 369 g/mol. The summed E-state index contributed by atoms with van der Waals surface area (Å²) in [6.07, 6.45) is 7.35. The number of nitrogens with one attached hydrogen (secondary N) is 1. The maximum atomic E-state index is 12.6. The molecule has 144 valence electrons. The van der Waals surface area contributed by atoms with E-state index in [1.807, 2.05) is 35.2 Å². The number of hydrogen-bond donors (Lipinski definition) is 1. The number of aryl methyl sites for hydroxylation is 1. The molecule has 1 aromatic carbocycles. The smallest absolute Gasteiger partial charge is 0.317 e. The second-order valence-corrected chi connectivity index (χ2v) is 6.66. The predicted octanol–water partition coefficient (Wildman–Crippen LogP) is 3.58. The molecule has 0 spiro atoms. The number of urea groups is 1. The van der Waals surface area contributed by atoms with E-state index in [9.17, 15) is 4.79 Å². The zero-order chi connectivity index (χ0) is 19.1. The van der Waals surface area contributed by atoms with Crippen LogP contribution in [0.2, 0.25) is 0 Å². The van der Waals surface area contributed by atoms with Crippen molar-refractivity contribution < 1.29 is 14.3 Å². The average molecular weight is 369 g/mol. The van der Waals surface area contributed by atoms with Gasteiger partial charge in [-0.3, -0.25) is 4.98 Å². The molecule has 6 heteroatoms. The highest BCUT2D eigenvalue weighted by molar-refractivity contribution is 5.75. The van der Waals surface area contributed by atoms with Gasteiger partial charge in [-0.15, -0.1) is 0 Å². The van der Waals surface area contributed by atoms with Crippen molar-refractivity contribution >= 4 is 6.03 Å². The van der Waals surface area contributed by atoms with Crippen LogP contribution < -0.4 is 14.8 Å². The number of pyridine rings is 1. The molecular weight excluding hydrogens is 342 g/mol. The molecule has 0 saturated carbocycles. The zero-order valence-electron chi connectivity index (χ0n) is 16.0. The van der Waals surface area contributed by atoms with Gasteiger partial charge in [0.15, 0.2) is 11.5 Å². The van der Waals surface area contributed by atoms with Crippen LogP contribution in [0.15, 0.2) is 42.7 Å². The number of ether oxygens (including phenoxy) is 2. The Morgan fingerprint density at radius 2 is 1.96 bits per heavy atom. The van der Waals surface area contributed by atoms with E-state index in [4.69, 9.17) is 9.47 Å². The van der Waals surface area contributed by atoms with Crippen molar-refractivity contribution in [3.05, 3.63) is 53.9 Å². The number of nitrogens with zero attached hydrogens (tertiary/aromatic N) is 2. The van der Waals surface area contributed by atoms with E-state index < -0.39 is 0 Å². The molecule has 0 bridgehead atoms. The van der Waals surface area contributed by atoms with E-state index in [1.54, 1.807) is 26.6 Å². The molecule has 0 aliphatic carbocycles. The minimum absolute atomic E-state index is 0.0154. The molecule has 6 nitrogen and oxygen atoms in total. The molecule has 3 rings (SSSR count). The fraction of sp³-hybridized carbons (Fsp3) is 0.429. The van der Waals surface area contributed by atoms with Crippen molar-refractivity contribution in [3.63, 3.8) is 0 Å². The van der Waals surface area contributed by atoms with Gasteiger partial charge in [0.25, 0.3) is 0 Å². The number of benzene rings is 1. The first kappa shape index (κ1) is 19.0. The van der Waals surface area contributed by atoms with Crippen molar-refractivity contribution in [2.45, 2.75) is 31.7 Å². The van der Waals surface area contributed by atoms with Crippen molar-refractivity contribution in [1.82, 2.24) is 15.2 Å². The van der Waals surface area contributed by atoms with E-state index in [0.29, 0.717) is 6.54 Å². The number of amides is 2. The Kier molecular flexibility index (Phi) is 6.52. The van der Waals surface area contributed by atoms with E-state index >= 15 is 0 Å². The van der Waals surface area contributed by atoms with E-state index in [0.717, 1.165) is 54.9 Å². The van der Waals surface area contributed by atoms with Crippen molar-refractivity contribution in [2.75, 3.05) is 27.3 Å². The largest absolute Gasteiger partial charge is 0.493 e. The molecule has 1 saturated heterocycles. The van der Waals surface area contributed by atoms with Gasteiger partial charge in [-0.05, 0) is 61.1 Å². The lowest BCUT2D eigenvalue weighted by Gasteiger charge is -2.25. The summed E-state index contributed by atoms with van der Waals surface area (Å²) in [5, 5.41) is 3.06. The molecule has 2 amide bonds. The fourth-order valence-corrected chi connectivity index (χ4v) is 3.57. The molecule has 1 fully saturated rings. The Morgan fingerprint density at radius 1 is 1.19 bits per heavy atom. The Balaban J connectivity index is 1.48. The van der Waals surface area contributed by atoms with Gasteiger partial charge in [0, 0.05) is 25.5 Å². The summed E-state index contributed by atoms with van der Waals surface area (Å²) in [5.74, 6) is 1.46. The topological polar surface area (TPSA) is 63.7 Å². The predicted molar refractivity (Wildman–Crippen MR) is 104 cm³/mol. The SMILES string of the molecule is COc1ccc(CCCNC(=O)N2CCC[C@H]2c2ccncc2)cc1OC. The highest BCUT2D eigenvalue weighted by Gasteiger charge is 2.29. The number of aromatic nitrogens is 1. The second-order valence-electron chi connectivity index (χ2n) is 6.66. The first-order chi connectivity index (χ1) is 13.2. The van der Waals surface area contributed by atoms with Gasteiger partial charge in [-0.2, -0.15) is 0 Å². The quantitative estimate of drug-likeness (QED) is 0.758. The molecule has 27 heavy (non-hydrogen) atoms. The maximum Gasteiger partial charge on any atom is 0.317 e. The third-order valence-electron chi connectivity index (χ3n) is 4.97. The molecule has 2 heterocycles. The number of likely N-dealkylation sites (tertiary alicyclic amines) is 1. The van der Waals surface area contributed by atoms with Gasteiger partial charge in [-0.1, -0.05) is 6.07 Å². The van der Waals surface area contributed by atoms with Crippen LogP contribution in [-0.4, -0.2) is 43.2 Å². The Labute approximate surface area is 160 Å². The summed E-state index contributed by atoms with van der Waals surface area (Å²) in [4.78, 5) is 18.6. The number of hydrogen-bond acceptors (Lipinski definition) is 4. The summed E-state index contributed by atoms with van der Waals surface area (Å²) in [5.41, 5.74) is 2.32. The van der Waals surface area contributed by atoms with Crippen LogP contribution in [0, 0.1) is 0 Å². The van der Waals surface area contributed by atoms with Crippen LogP contribution in [0.25, 0.3) is 0 Å². The minimum Gasteiger partial charge on any atom is -0.493 e. The molecule has 0 unspecified atom stereocenters. The van der Waals surface area contributed by atoms with Crippen LogP contribution in [0.5, 0.6) is 11.5 Å². The van der Waals surface area contributed by atoms with Gasteiger partial charge in [-0.25, -0.2) is 4.79 Å². The lowest BCUT2D eigenvalue weighted by atomic mass is 10.1. The Hall–Kier alpha value is -2.76. The third kappa shape index (κ3) is 4.70. The number of carbonyl (C=O) groups is 1. The van der Waals surface area contributed by atoms with Crippen molar-refractivity contribution in [3.8, 4) is 11.5 Å². The standard InChI is InChI=1S/C21H27N3O3/c1-26-19-8-7-16(15-20(19)27-2)5-3-11-23-21(25)24-14-4-6-18(24)17-9-12-22-13-10-17/h7-10,12-13,15,18H,3-6,11,14H2,1-2H3,(H,23,25)/t18-/m0/s1. The fourth-order valence-electron chi connectivity index (χ4n) is 3.57. The van der Waals surface area contributed by atoms with Crippen LogP contribution in [-0.2, 0) is 6.42 Å². The molecule has 1 aliphatic heterocycles. The van der Waals surface area contributed by atoms with Gasteiger partial charge < -0.3 is 19.7 Å². The number of methoxy groups -OCH3 is 2. The summed E-state index contributed by atoms with van der Waals surface area (Å²) in [6.45, 7) is 1.45. The maximum absolute atomic E-state index is 12.6. The molecule has 1 N–H and O–H groups in total. The average Bonchev–Trinajstić information content (AvgIpc) is 3.21. The first-order valence-corrected chi connectivity index (χ1v) is 9.38. The second kappa shape index (κ2) is 9.26. The molecule has 1 aromatic heterocycles. The Morgan fingerprint density at radius 3 is 2.70 bits per heavy atom. The molecule has 1 atom stereocenters. The van der Waals surface area contributed by atoms with Crippen LogP contribution in [0.3, 0.4) is 0 Å². The van der Waals surface area contributed by atoms with E-state index in [1.165, 1.54) is 0 Å². The summed E-state index contributed by atoms with van der Waals surface area (Å²) in [7, 11) is 3.27. The third-order valence-corrected chi connectivity index (χ3v) is 4.97. The minimum atomic E-state index is 0.0154. The number of rotatable bonds is 7. The lowest BCUT2D eigenvalue weighted by molar-refractivity contribution is 0.193. The highest BCUT2D eigenvalue weighted by Crippen LogP contribution is 2.31. The number of carbonyl (C=O) groups excluding carboxylic acids is 1. The van der Waals surface area contributed by atoms with Crippen LogP contribution in [0.1, 0.15) is 36.4 Å². The van der Waals surface area contributed by atoms with E-state index in [-0.39, 0.29) is 12.1 Å². The van der Waals surface area contributed by atoms with Gasteiger partial charge >= 0.3 is 6.03 Å². The van der Waals surface area contributed by atoms with Gasteiger partial charge in [0.1, 0.15) is 0 Å².